The lowest BCUT2D eigenvalue weighted by molar-refractivity contribution is -0.126. The summed E-state index contributed by atoms with van der Waals surface area (Å²) in [4.78, 5) is 12.0. The highest BCUT2D eigenvalue weighted by molar-refractivity contribution is 6.01. The Morgan fingerprint density at radius 3 is 2.62 bits per heavy atom. The smallest absolute Gasteiger partial charge is 0.178 e. The zero-order chi connectivity index (χ0) is 23.5. The predicted molar refractivity (Wildman–Crippen MR) is 127 cm³/mol. The minimum absolute atomic E-state index is 0.0000728. The van der Waals surface area contributed by atoms with Crippen molar-refractivity contribution in [1.29, 1.82) is 0 Å². The molecule has 32 heavy (non-hydrogen) atoms. The summed E-state index contributed by atoms with van der Waals surface area (Å²) in [5, 5.41) is 33.6. The van der Waals surface area contributed by atoms with Crippen molar-refractivity contribution in [2.45, 2.75) is 78.4 Å². The number of aliphatic hydroxyl groups excluding tert-OH is 2. The van der Waals surface area contributed by atoms with E-state index < -0.39 is 17.1 Å². The van der Waals surface area contributed by atoms with Gasteiger partial charge in [0, 0.05) is 23.4 Å². The summed E-state index contributed by atoms with van der Waals surface area (Å²) < 4.78 is 0. The van der Waals surface area contributed by atoms with E-state index in [1.165, 1.54) is 5.57 Å². The van der Waals surface area contributed by atoms with Gasteiger partial charge in [-0.15, -0.1) is 0 Å². The van der Waals surface area contributed by atoms with Crippen molar-refractivity contribution < 1.29 is 20.1 Å². The third-order valence-electron chi connectivity index (χ3n) is 10.0. The van der Waals surface area contributed by atoms with Crippen LogP contribution in [0, 0.1) is 46.3 Å². The molecular weight excluding hydrogens is 400 g/mol. The Morgan fingerprint density at radius 1 is 1.25 bits per heavy atom. The van der Waals surface area contributed by atoms with E-state index >= 15 is 0 Å². The molecule has 4 nitrogen and oxygen atoms in total. The maximum atomic E-state index is 12.0. The van der Waals surface area contributed by atoms with E-state index in [9.17, 15) is 20.1 Å². The van der Waals surface area contributed by atoms with Gasteiger partial charge in [0.1, 0.15) is 0 Å². The number of hydrogen-bond donors (Lipinski definition) is 3. The van der Waals surface area contributed by atoms with Crippen molar-refractivity contribution in [1.82, 2.24) is 0 Å². The van der Waals surface area contributed by atoms with E-state index in [0.717, 1.165) is 25.7 Å². The number of carbonyl (C=O) groups excluding carboxylic acids is 1. The fourth-order valence-corrected chi connectivity index (χ4v) is 7.95. The molecule has 0 aromatic rings. The Labute approximate surface area is 193 Å². The standard InChI is InChI=1S/C28H42O4/c1-17(2)18(3)8-12-27(5,32)25-24(31)15-23-21-7-6-19-14-20(30)9-11-26(19,4)22(21)10-13-28(23,25)16-29/h8-9,11-12,14,17-18,21-25,29,31-32H,6-7,10,13,15-16H2,1-5H3/b12-8+/t18-,21+,22+,23+,24-,25-,26-,27+,28+/m0/s1. The first-order valence-corrected chi connectivity index (χ1v) is 12.6. The largest absolute Gasteiger partial charge is 0.396 e. The summed E-state index contributed by atoms with van der Waals surface area (Å²) in [6, 6.07) is 0. The van der Waals surface area contributed by atoms with E-state index in [4.69, 9.17) is 0 Å². The van der Waals surface area contributed by atoms with Crippen LogP contribution < -0.4 is 0 Å². The second kappa shape index (κ2) is 8.21. The third-order valence-corrected chi connectivity index (χ3v) is 10.0. The van der Waals surface area contributed by atoms with Gasteiger partial charge in [-0.2, -0.15) is 0 Å². The molecule has 9 atom stereocenters. The van der Waals surface area contributed by atoms with Gasteiger partial charge in [-0.1, -0.05) is 51.5 Å². The van der Waals surface area contributed by atoms with Gasteiger partial charge in [-0.25, -0.2) is 0 Å². The first-order valence-electron chi connectivity index (χ1n) is 12.6. The number of aliphatic hydroxyl groups is 3. The Kier molecular flexibility index (Phi) is 6.14. The van der Waals surface area contributed by atoms with Gasteiger partial charge in [0.25, 0.3) is 0 Å². The Balaban J connectivity index is 1.66. The lowest BCUT2D eigenvalue weighted by atomic mass is 9.47. The van der Waals surface area contributed by atoms with Crippen molar-refractivity contribution in [2.24, 2.45) is 46.3 Å². The summed E-state index contributed by atoms with van der Waals surface area (Å²) in [6.07, 6.45) is 13.3. The molecule has 3 saturated carbocycles. The van der Waals surface area contributed by atoms with E-state index in [0.29, 0.717) is 30.1 Å². The van der Waals surface area contributed by atoms with E-state index in [2.05, 4.69) is 39.8 Å². The van der Waals surface area contributed by atoms with Gasteiger partial charge in [0.15, 0.2) is 5.78 Å². The molecule has 0 spiro atoms. The topological polar surface area (TPSA) is 77.8 Å². The molecule has 0 unspecified atom stereocenters. The number of carbonyl (C=O) groups is 1. The number of hydrogen-bond acceptors (Lipinski definition) is 4. The van der Waals surface area contributed by atoms with Crippen LogP contribution in [0.4, 0.5) is 0 Å². The van der Waals surface area contributed by atoms with Crippen molar-refractivity contribution in [3.8, 4) is 0 Å². The third kappa shape index (κ3) is 3.58. The zero-order valence-electron chi connectivity index (χ0n) is 20.4. The van der Waals surface area contributed by atoms with Crippen molar-refractivity contribution in [3.05, 3.63) is 36.0 Å². The molecule has 0 radical (unpaired) electrons. The highest BCUT2D eigenvalue weighted by Gasteiger charge is 2.65. The monoisotopic (exact) mass is 442 g/mol. The normalized spacial score (nSPS) is 44.1. The quantitative estimate of drug-likeness (QED) is 0.550. The summed E-state index contributed by atoms with van der Waals surface area (Å²) in [7, 11) is 0. The molecule has 4 aliphatic carbocycles. The Hall–Kier alpha value is -1.23. The molecule has 0 bridgehead atoms. The summed E-state index contributed by atoms with van der Waals surface area (Å²) in [6.45, 7) is 10.6. The van der Waals surface area contributed by atoms with Crippen molar-refractivity contribution >= 4 is 5.78 Å². The van der Waals surface area contributed by atoms with Gasteiger partial charge >= 0.3 is 0 Å². The van der Waals surface area contributed by atoms with Crippen LogP contribution in [-0.2, 0) is 4.79 Å². The van der Waals surface area contributed by atoms with Gasteiger partial charge in [0.05, 0.1) is 11.7 Å². The minimum atomic E-state index is -1.17. The number of rotatable bonds is 5. The van der Waals surface area contributed by atoms with Crippen LogP contribution in [0.15, 0.2) is 36.0 Å². The van der Waals surface area contributed by atoms with Gasteiger partial charge in [0.2, 0.25) is 0 Å². The molecule has 0 aromatic carbocycles. The average molecular weight is 443 g/mol. The lowest BCUT2D eigenvalue weighted by Gasteiger charge is -2.58. The molecule has 178 valence electrons. The second-order valence-corrected chi connectivity index (χ2v) is 12.0. The molecule has 0 heterocycles. The van der Waals surface area contributed by atoms with E-state index in [-0.39, 0.29) is 29.6 Å². The van der Waals surface area contributed by atoms with Crippen LogP contribution in [0.1, 0.15) is 66.7 Å². The molecule has 3 fully saturated rings. The molecule has 4 rings (SSSR count). The maximum Gasteiger partial charge on any atom is 0.178 e. The highest BCUT2D eigenvalue weighted by atomic mass is 16.3. The van der Waals surface area contributed by atoms with Crippen LogP contribution in [-0.4, -0.2) is 39.4 Å². The van der Waals surface area contributed by atoms with E-state index in [1.807, 2.05) is 19.1 Å². The Morgan fingerprint density at radius 2 is 1.97 bits per heavy atom. The SMILES string of the molecule is CC(C)[C@@H](C)/C=C/[C@@](C)(O)[C@@H]1[C@@H](O)C[C@@H]2[C@@H]3CCC4=CC(=O)C=C[C@]4(C)[C@@H]3CC[C@@]21CO. The number of fused-ring (bicyclic) bond motifs is 5. The molecule has 0 saturated heterocycles. The zero-order valence-corrected chi connectivity index (χ0v) is 20.4. The molecular formula is C28H42O4. The van der Waals surface area contributed by atoms with Crippen LogP contribution in [0.25, 0.3) is 0 Å². The predicted octanol–water partition coefficient (Wildman–Crippen LogP) is 4.45. The van der Waals surface area contributed by atoms with Crippen molar-refractivity contribution in [2.75, 3.05) is 6.61 Å². The van der Waals surface area contributed by atoms with Gasteiger partial charge in [-0.05, 0) is 80.8 Å². The van der Waals surface area contributed by atoms with Gasteiger partial charge in [-0.3, -0.25) is 4.79 Å². The summed E-state index contributed by atoms with van der Waals surface area (Å²) in [5.41, 5.74) is -0.513. The lowest BCUT2D eigenvalue weighted by Crippen LogP contribution is -2.55. The van der Waals surface area contributed by atoms with Crippen LogP contribution in [0.5, 0.6) is 0 Å². The number of allylic oxidation sites excluding steroid dienone is 5. The van der Waals surface area contributed by atoms with Crippen molar-refractivity contribution in [3.63, 3.8) is 0 Å². The summed E-state index contributed by atoms with van der Waals surface area (Å²) in [5.74, 6) is 1.49. The maximum absolute atomic E-state index is 12.0. The first-order chi connectivity index (χ1) is 15.0. The average Bonchev–Trinajstić information content (AvgIpc) is 3.05. The Bertz CT molecular complexity index is 836. The fraction of sp³-hybridized carbons (Fsp3) is 0.750. The van der Waals surface area contributed by atoms with Crippen LogP contribution in [0.3, 0.4) is 0 Å². The molecule has 4 aliphatic rings. The highest BCUT2D eigenvalue weighted by Crippen LogP contribution is 2.67. The minimum Gasteiger partial charge on any atom is -0.396 e. The van der Waals surface area contributed by atoms with E-state index in [1.54, 1.807) is 6.08 Å². The fourth-order valence-electron chi connectivity index (χ4n) is 7.95. The summed E-state index contributed by atoms with van der Waals surface area (Å²) >= 11 is 0. The number of ketones is 1. The molecule has 3 N–H and O–H groups in total. The molecule has 0 aliphatic heterocycles. The van der Waals surface area contributed by atoms with Gasteiger partial charge < -0.3 is 15.3 Å². The van der Waals surface area contributed by atoms with Crippen LogP contribution in [0.2, 0.25) is 0 Å². The van der Waals surface area contributed by atoms with Crippen LogP contribution >= 0.6 is 0 Å². The molecule has 0 amide bonds. The molecule has 4 heteroatoms. The second-order valence-electron chi connectivity index (χ2n) is 12.0. The first kappa shape index (κ1) is 23.9. The molecule has 0 aromatic heterocycles.